The molecule has 1 amide bonds. The highest BCUT2D eigenvalue weighted by Crippen LogP contribution is 2.22. The zero-order chi connectivity index (χ0) is 23.4. The number of hydrazone groups is 1. The average molecular weight is 479 g/mol. The topological polar surface area (TPSA) is 96.6 Å². The van der Waals surface area contributed by atoms with Crippen LogP contribution in [0.25, 0.3) is 16.6 Å². The standard InChI is InChI=1S/C24H19ClN4O3S/c1-15(16-6-12-19(30)13-7-16)27-28-22(31)14-33-24-26-21-5-3-2-4-20(21)23(32)29(24)18-10-8-17(25)9-11-18/h2-13,30H,14H2,1H3,(H,28,31)/b27-15+. The SMILES string of the molecule is C/C(=N\NC(=O)CSc1nc2ccccc2c(=O)n1-c1ccc(Cl)cc1)c1ccc(O)cc1. The summed E-state index contributed by atoms with van der Waals surface area (Å²) in [5.41, 5.74) is 4.81. The van der Waals surface area contributed by atoms with Gasteiger partial charge in [0.2, 0.25) is 0 Å². The summed E-state index contributed by atoms with van der Waals surface area (Å²) < 4.78 is 1.47. The zero-order valence-electron chi connectivity index (χ0n) is 17.5. The molecular formula is C24H19ClN4O3S. The van der Waals surface area contributed by atoms with Crippen molar-refractivity contribution in [3.05, 3.63) is 93.7 Å². The van der Waals surface area contributed by atoms with Crippen molar-refractivity contribution in [2.24, 2.45) is 5.10 Å². The molecule has 0 aliphatic heterocycles. The van der Waals surface area contributed by atoms with Gasteiger partial charge in [0.25, 0.3) is 11.5 Å². The minimum atomic E-state index is -0.344. The molecule has 0 atom stereocenters. The highest BCUT2D eigenvalue weighted by Gasteiger charge is 2.15. The summed E-state index contributed by atoms with van der Waals surface area (Å²) in [6, 6.07) is 20.4. The second kappa shape index (κ2) is 9.89. The lowest BCUT2D eigenvalue weighted by molar-refractivity contribution is -0.118. The Bertz CT molecular complexity index is 1400. The van der Waals surface area contributed by atoms with E-state index in [4.69, 9.17) is 11.6 Å². The Balaban J connectivity index is 1.57. The summed E-state index contributed by atoms with van der Waals surface area (Å²) in [7, 11) is 0. The van der Waals surface area contributed by atoms with Crippen LogP contribution in [0.4, 0.5) is 0 Å². The minimum Gasteiger partial charge on any atom is -0.508 e. The predicted octanol–water partition coefficient (Wildman–Crippen LogP) is 4.38. The van der Waals surface area contributed by atoms with E-state index >= 15 is 0 Å². The summed E-state index contributed by atoms with van der Waals surface area (Å²) in [6.45, 7) is 1.75. The molecule has 2 N–H and O–H groups in total. The third-order valence-corrected chi connectivity index (χ3v) is 5.99. The maximum Gasteiger partial charge on any atom is 0.266 e. The van der Waals surface area contributed by atoms with Gasteiger partial charge in [-0.1, -0.05) is 35.5 Å². The van der Waals surface area contributed by atoms with Gasteiger partial charge in [0.15, 0.2) is 5.16 Å². The van der Waals surface area contributed by atoms with Crippen LogP contribution in [0.2, 0.25) is 5.02 Å². The lowest BCUT2D eigenvalue weighted by atomic mass is 10.1. The van der Waals surface area contributed by atoms with Gasteiger partial charge in [0.1, 0.15) is 5.75 Å². The molecule has 166 valence electrons. The predicted molar refractivity (Wildman–Crippen MR) is 132 cm³/mol. The van der Waals surface area contributed by atoms with Crippen molar-refractivity contribution >= 4 is 45.9 Å². The first-order valence-corrected chi connectivity index (χ1v) is 11.3. The average Bonchev–Trinajstić information content (AvgIpc) is 2.82. The van der Waals surface area contributed by atoms with Crippen LogP contribution < -0.4 is 11.0 Å². The number of hydrogen-bond acceptors (Lipinski definition) is 6. The van der Waals surface area contributed by atoms with Crippen molar-refractivity contribution in [3.8, 4) is 11.4 Å². The number of aromatic hydroxyl groups is 1. The number of aromatic nitrogens is 2. The number of carbonyl (C=O) groups excluding carboxylic acids is 1. The summed E-state index contributed by atoms with van der Waals surface area (Å²) in [5.74, 6) is -0.185. The number of nitrogens with zero attached hydrogens (tertiary/aromatic N) is 3. The van der Waals surface area contributed by atoms with E-state index in [0.717, 1.165) is 17.3 Å². The van der Waals surface area contributed by atoms with E-state index in [-0.39, 0.29) is 23.0 Å². The summed E-state index contributed by atoms with van der Waals surface area (Å²) in [4.78, 5) is 30.3. The van der Waals surface area contributed by atoms with Gasteiger partial charge in [-0.15, -0.1) is 0 Å². The molecule has 0 spiro atoms. The Morgan fingerprint density at radius 2 is 1.79 bits per heavy atom. The molecule has 0 bridgehead atoms. The van der Waals surface area contributed by atoms with Gasteiger partial charge in [-0.3, -0.25) is 14.2 Å². The number of phenols is 1. The fourth-order valence-electron chi connectivity index (χ4n) is 3.10. The lowest BCUT2D eigenvalue weighted by Gasteiger charge is -2.13. The number of benzene rings is 3. The van der Waals surface area contributed by atoms with Crippen molar-refractivity contribution in [2.75, 3.05) is 5.75 Å². The van der Waals surface area contributed by atoms with E-state index in [1.54, 1.807) is 73.7 Å². The van der Waals surface area contributed by atoms with Crippen LogP contribution >= 0.6 is 23.4 Å². The summed E-state index contributed by atoms with van der Waals surface area (Å²) in [5, 5.41) is 14.9. The van der Waals surface area contributed by atoms with Gasteiger partial charge in [-0.2, -0.15) is 5.10 Å². The summed E-state index contributed by atoms with van der Waals surface area (Å²) >= 11 is 7.14. The van der Waals surface area contributed by atoms with E-state index in [1.165, 1.54) is 4.57 Å². The molecule has 0 unspecified atom stereocenters. The smallest absolute Gasteiger partial charge is 0.266 e. The molecule has 0 saturated carbocycles. The normalized spacial score (nSPS) is 11.5. The third kappa shape index (κ3) is 5.24. The van der Waals surface area contributed by atoms with Crippen LogP contribution in [0.15, 0.2) is 87.8 Å². The van der Waals surface area contributed by atoms with E-state index in [0.29, 0.717) is 32.5 Å². The van der Waals surface area contributed by atoms with Crippen molar-refractivity contribution in [3.63, 3.8) is 0 Å². The highest BCUT2D eigenvalue weighted by molar-refractivity contribution is 7.99. The highest BCUT2D eigenvalue weighted by atomic mass is 35.5. The molecule has 1 aromatic heterocycles. The Morgan fingerprint density at radius 1 is 1.09 bits per heavy atom. The number of phenolic OH excluding ortho intramolecular Hbond substituents is 1. The van der Waals surface area contributed by atoms with Gasteiger partial charge in [0, 0.05) is 5.02 Å². The van der Waals surface area contributed by atoms with E-state index in [1.807, 2.05) is 6.07 Å². The molecule has 9 heteroatoms. The molecule has 4 rings (SSSR count). The molecule has 0 aliphatic rings. The molecule has 33 heavy (non-hydrogen) atoms. The Kier molecular flexibility index (Phi) is 6.76. The maximum absolute atomic E-state index is 13.2. The molecule has 3 aromatic carbocycles. The fourth-order valence-corrected chi connectivity index (χ4v) is 4.03. The molecule has 0 fully saturated rings. The monoisotopic (exact) mass is 478 g/mol. The van der Waals surface area contributed by atoms with Gasteiger partial charge in [-0.25, -0.2) is 10.4 Å². The lowest BCUT2D eigenvalue weighted by Crippen LogP contribution is -2.24. The maximum atomic E-state index is 13.2. The minimum absolute atomic E-state index is 0.00469. The second-order valence-corrected chi connectivity index (χ2v) is 8.48. The van der Waals surface area contributed by atoms with E-state index in [2.05, 4.69) is 15.5 Å². The number of carbonyl (C=O) groups is 1. The second-order valence-electron chi connectivity index (χ2n) is 7.10. The van der Waals surface area contributed by atoms with Crippen molar-refractivity contribution in [1.29, 1.82) is 0 Å². The Morgan fingerprint density at radius 3 is 2.52 bits per heavy atom. The van der Waals surface area contributed by atoms with Gasteiger partial charge < -0.3 is 5.11 Å². The number of para-hydroxylation sites is 1. The van der Waals surface area contributed by atoms with Crippen LogP contribution in [-0.2, 0) is 4.79 Å². The van der Waals surface area contributed by atoms with E-state index < -0.39 is 0 Å². The third-order valence-electron chi connectivity index (χ3n) is 4.80. The number of nitrogens with one attached hydrogen (secondary N) is 1. The molecule has 1 heterocycles. The number of thioether (sulfide) groups is 1. The van der Waals surface area contributed by atoms with E-state index in [9.17, 15) is 14.7 Å². The molecule has 0 aliphatic carbocycles. The number of amides is 1. The number of rotatable bonds is 6. The largest absolute Gasteiger partial charge is 0.508 e. The summed E-state index contributed by atoms with van der Waals surface area (Å²) in [6.07, 6.45) is 0. The first-order valence-electron chi connectivity index (χ1n) is 9.95. The molecular weight excluding hydrogens is 460 g/mol. The first kappa shape index (κ1) is 22.6. The first-order chi connectivity index (χ1) is 15.9. The zero-order valence-corrected chi connectivity index (χ0v) is 19.1. The van der Waals surface area contributed by atoms with Crippen LogP contribution in [0.3, 0.4) is 0 Å². The van der Waals surface area contributed by atoms with Gasteiger partial charge in [0.05, 0.1) is 28.1 Å². The van der Waals surface area contributed by atoms with Crippen LogP contribution in [-0.4, -0.2) is 32.0 Å². The molecule has 4 aromatic rings. The van der Waals surface area contributed by atoms with Crippen LogP contribution in [0.5, 0.6) is 5.75 Å². The van der Waals surface area contributed by atoms with Crippen molar-refractivity contribution in [1.82, 2.24) is 15.0 Å². The number of halogens is 1. The van der Waals surface area contributed by atoms with Crippen molar-refractivity contribution in [2.45, 2.75) is 12.1 Å². The van der Waals surface area contributed by atoms with Gasteiger partial charge in [-0.05, 0) is 73.2 Å². The van der Waals surface area contributed by atoms with Crippen molar-refractivity contribution < 1.29 is 9.90 Å². The Hall–Kier alpha value is -3.62. The molecule has 0 saturated heterocycles. The quantitative estimate of drug-likeness (QED) is 0.185. The molecule has 0 radical (unpaired) electrons. The fraction of sp³-hybridized carbons (Fsp3) is 0.0833. The Labute approximate surface area is 198 Å². The van der Waals surface area contributed by atoms with Crippen LogP contribution in [0, 0.1) is 0 Å². The van der Waals surface area contributed by atoms with Gasteiger partial charge >= 0.3 is 0 Å². The van der Waals surface area contributed by atoms with Crippen LogP contribution in [0.1, 0.15) is 12.5 Å². The number of fused-ring (bicyclic) bond motifs is 1. The number of hydrogen-bond donors (Lipinski definition) is 2. The molecule has 7 nitrogen and oxygen atoms in total.